The van der Waals surface area contributed by atoms with Gasteiger partial charge in [0.15, 0.2) is 6.20 Å². The number of nitrogens with zero attached hydrogens (tertiary/aromatic N) is 1. The molecule has 0 bridgehead atoms. The summed E-state index contributed by atoms with van der Waals surface area (Å²) < 4.78 is 11.3. The van der Waals surface area contributed by atoms with Crippen molar-refractivity contribution < 1.29 is 5.94 Å². The molecule has 1 aliphatic heterocycles. The molecule has 0 amide bonds. The quantitative estimate of drug-likeness (QED) is 0.167. The summed E-state index contributed by atoms with van der Waals surface area (Å²) in [5.74, 6) is 0. The van der Waals surface area contributed by atoms with E-state index in [1.54, 1.807) is 0 Å². The minimum Gasteiger partial charge on any atom is -0.200 e. The van der Waals surface area contributed by atoms with E-state index in [0.29, 0.717) is 6.04 Å². The number of aromatic nitrogens is 1. The maximum absolute atomic E-state index is 9.01. The van der Waals surface area contributed by atoms with E-state index >= 15 is 0 Å². The first-order valence-electron chi connectivity index (χ1n) is 14.2. The highest BCUT2D eigenvalue weighted by molar-refractivity contribution is 8.00. The number of hydrogen-bond donors (Lipinski definition) is 0. The Morgan fingerprint density at radius 3 is 2.22 bits per heavy atom. The Morgan fingerprint density at radius 2 is 1.59 bits per heavy atom. The first kappa shape index (κ1) is 25.2. The molecule has 2 heterocycles. The van der Waals surface area contributed by atoms with Gasteiger partial charge in [0.2, 0.25) is 5.69 Å². The zero-order valence-corrected chi connectivity index (χ0v) is 26.6. The molecule has 0 radical (unpaired) electrons. The van der Waals surface area contributed by atoms with Gasteiger partial charge in [-0.15, -0.1) is 0 Å². The first-order chi connectivity index (χ1) is 17.4. The molecule has 5 rings (SSSR count). The SMILES string of the molecule is [2H]c1cc2c(CC(C)(C)C)c3c(c(C)c2cc1CC(C)(C)C)-c1c2c(cc([Si](C)(C)C)cc2cc[n+]1C)S3. The number of pyridine rings is 1. The van der Waals surface area contributed by atoms with Gasteiger partial charge in [0.05, 0.1) is 20.4 Å². The highest BCUT2D eigenvalue weighted by atomic mass is 32.2. The van der Waals surface area contributed by atoms with Crippen LogP contribution in [0.5, 0.6) is 0 Å². The fraction of sp³-hybridized carbons (Fsp3) is 0.441. The first-order valence-corrected chi connectivity index (χ1v) is 18.0. The third-order valence-corrected chi connectivity index (χ3v) is 10.8. The zero-order chi connectivity index (χ0) is 27.9. The molecular weight excluding hydrogens is 483 g/mol. The molecule has 0 atom stereocenters. The minimum atomic E-state index is -1.48. The fourth-order valence-corrected chi connectivity index (χ4v) is 8.49. The van der Waals surface area contributed by atoms with Crippen molar-refractivity contribution in [2.45, 2.75) is 90.7 Å². The fourth-order valence-electron chi connectivity index (χ4n) is 5.84. The molecule has 0 fully saturated rings. The number of rotatable bonds is 3. The van der Waals surface area contributed by atoms with Crippen LogP contribution in [0.25, 0.3) is 32.8 Å². The van der Waals surface area contributed by atoms with Gasteiger partial charge in [0.1, 0.15) is 7.05 Å². The summed E-state index contributed by atoms with van der Waals surface area (Å²) in [6, 6.07) is 12.5. The van der Waals surface area contributed by atoms with Crippen LogP contribution in [0.1, 0.15) is 59.6 Å². The lowest BCUT2D eigenvalue weighted by molar-refractivity contribution is -0.659. The molecule has 37 heavy (non-hydrogen) atoms. The van der Waals surface area contributed by atoms with Crippen LogP contribution in [0.2, 0.25) is 19.6 Å². The van der Waals surface area contributed by atoms with E-state index < -0.39 is 8.07 Å². The van der Waals surface area contributed by atoms with Gasteiger partial charge < -0.3 is 0 Å². The minimum absolute atomic E-state index is 0.136. The predicted molar refractivity (Wildman–Crippen MR) is 166 cm³/mol. The molecule has 0 saturated heterocycles. The van der Waals surface area contributed by atoms with E-state index in [1.807, 2.05) is 11.8 Å². The van der Waals surface area contributed by atoms with E-state index in [0.717, 1.165) is 18.4 Å². The second kappa shape index (κ2) is 8.71. The van der Waals surface area contributed by atoms with Crippen LogP contribution >= 0.6 is 11.8 Å². The van der Waals surface area contributed by atoms with Gasteiger partial charge >= 0.3 is 0 Å². The molecule has 0 aliphatic carbocycles. The summed E-state index contributed by atoms with van der Waals surface area (Å²) in [5.41, 5.74) is 6.92. The average Bonchev–Trinajstić information content (AvgIpc) is 2.77. The van der Waals surface area contributed by atoms with Crippen molar-refractivity contribution in [3.63, 3.8) is 0 Å². The Morgan fingerprint density at radius 1 is 0.919 bits per heavy atom. The molecular formula is C34H44NSSi+. The van der Waals surface area contributed by atoms with Crippen molar-refractivity contribution in [2.75, 3.05) is 0 Å². The van der Waals surface area contributed by atoms with Gasteiger partial charge in [-0.2, -0.15) is 0 Å². The van der Waals surface area contributed by atoms with Crippen LogP contribution in [-0.2, 0) is 19.9 Å². The molecule has 1 nitrogen and oxygen atoms in total. The third-order valence-electron chi connectivity index (χ3n) is 7.56. The molecule has 0 unspecified atom stereocenters. The highest BCUT2D eigenvalue weighted by Crippen LogP contribution is 2.52. The van der Waals surface area contributed by atoms with E-state index in [4.69, 9.17) is 1.37 Å². The highest BCUT2D eigenvalue weighted by Gasteiger charge is 2.34. The topological polar surface area (TPSA) is 3.88 Å². The van der Waals surface area contributed by atoms with E-state index in [9.17, 15) is 0 Å². The summed E-state index contributed by atoms with van der Waals surface area (Å²) in [4.78, 5) is 2.79. The number of hydrogen-bond acceptors (Lipinski definition) is 1. The number of aryl methyl sites for hydroxylation is 2. The lowest BCUT2D eigenvalue weighted by Gasteiger charge is -2.29. The van der Waals surface area contributed by atoms with E-state index in [1.165, 1.54) is 58.9 Å². The Labute approximate surface area is 231 Å². The molecule has 0 spiro atoms. The molecule has 1 aliphatic rings. The van der Waals surface area contributed by atoms with Crippen molar-refractivity contribution in [1.82, 2.24) is 0 Å². The second-order valence-corrected chi connectivity index (χ2v) is 20.8. The van der Waals surface area contributed by atoms with Gasteiger partial charge in [-0.05, 0) is 69.5 Å². The summed E-state index contributed by atoms with van der Waals surface area (Å²) >= 11 is 1.98. The standard InChI is InChI=1S/C34H44NSSi/c1-21-26-16-22(19-33(2,3)4)12-13-25(26)27(20-34(5,6)7)32-29(21)31-30-23(14-15-35(31)8)17-24(37(9,10)11)18-28(30)36-32/h12-18H,19-20H2,1-11H3/q+1/i12D. The van der Waals surface area contributed by atoms with Crippen LogP contribution in [-0.4, -0.2) is 8.07 Å². The van der Waals surface area contributed by atoms with Crippen LogP contribution in [0.4, 0.5) is 0 Å². The van der Waals surface area contributed by atoms with Crippen LogP contribution < -0.4 is 9.75 Å². The monoisotopic (exact) mass is 527 g/mol. The molecule has 194 valence electrons. The van der Waals surface area contributed by atoms with Crippen molar-refractivity contribution >= 4 is 46.6 Å². The summed E-state index contributed by atoms with van der Waals surface area (Å²) in [6.07, 6.45) is 4.15. The van der Waals surface area contributed by atoms with Gasteiger partial charge in [-0.3, -0.25) is 0 Å². The van der Waals surface area contributed by atoms with E-state index in [2.05, 4.69) is 116 Å². The van der Waals surface area contributed by atoms with E-state index in [-0.39, 0.29) is 10.8 Å². The lowest BCUT2D eigenvalue weighted by Crippen LogP contribution is -2.38. The van der Waals surface area contributed by atoms with Crippen molar-refractivity contribution in [2.24, 2.45) is 17.9 Å². The maximum Gasteiger partial charge on any atom is 0.222 e. The average molecular weight is 528 g/mol. The smallest absolute Gasteiger partial charge is 0.200 e. The van der Waals surface area contributed by atoms with Crippen molar-refractivity contribution in [3.8, 4) is 11.3 Å². The van der Waals surface area contributed by atoms with Gasteiger partial charge in [-0.25, -0.2) is 4.57 Å². The molecule has 1 aromatic heterocycles. The second-order valence-electron chi connectivity index (χ2n) is 14.6. The Hall–Kier alpha value is -2.10. The maximum atomic E-state index is 9.01. The van der Waals surface area contributed by atoms with Gasteiger partial charge in [0, 0.05) is 15.9 Å². The molecule has 4 aromatic rings. The largest absolute Gasteiger partial charge is 0.222 e. The summed E-state index contributed by atoms with van der Waals surface area (Å²) in [6.45, 7) is 23.5. The van der Waals surface area contributed by atoms with Crippen molar-refractivity contribution in [1.29, 1.82) is 0 Å². The third kappa shape index (κ3) is 4.90. The molecule has 3 aromatic carbocycles. The Bertz CT molecular complexity index is 1610. The van der Waals surface area contributed by atoms with Crippen molar-refractivity contribution in [3.05, 3.63) is 59.3 Å². The Kier molecular flexibility index (Phi) is 5.93. The summed E-state index contributed by atoms with van der Waals surface area (Å²) in [7, 11) is 0.723. The molecule has 0 N–H and O–H groups in total. The molecule has 0 saturated carbocycles. The van der Waals surface area contributed by atoms with Crippen LogP contribution in [0.3, 0.4) is 0 Å². The van der Waals surface area contributed by atoms with Crippen LogP contribution in [0.15, 0.2) is 52.4 Å². The summed E-state index contributed by atoms with van der Waals surface area (Å²) in [5, 5.41) is 6.86. The predicted octanol–water partition coefficient (Wildman–Crippen LogP) is 8.98. The number of benzene rings is 3. The Balaban J connectivity index is 1.93. The van der Waals surface area contributed by atoms with Crippen LogP contribution in [0, 0.1) is 17.8 Å². The lowest BCUT2D eigenvalue weighted by atomic mass is 9.81. The molecule has 3 heteroatoms. The number of fused-ring (bicyclic) bond motifs is 3. The normalized spacial score (nSPS) is 14.3. The van der Waals surface area contributed by atoms with Gasteiger partial charge in [-0.1, -0.05) is 102 Å². The van der Waals surface area contributed by atoms with Gasteiger partial charge in [0.25, 0.3) is 0 Å². The zero-order valence-electron chi connectivity index (χ0n) is 25.7.